The predicted molar refractivity (Wildman–Crippen MR) is 103 cm³/mol. The number of hydrogen-bond acceptors (Lipinski definition) is 5. The van der Waals surface area contributed by atoms with Crippen LogP contribution < -0.4 is 9.47 Å². The number of rotatable bonds is 7. The molecule has 3 aromatic rings. The van der Waals surface area contributed by atoms with E-state index in [4.69, 9.17) is 4.74 Å². The Balaban J connectivity index is 1.73. The summed E-state index contributed by atoms with van der Waals surface area (Å²) in [6.07, 6.45) is 0. The van der Waals surface area contributed by atoms with Crippen molar-refractivity contribution >= 4 is 17.2 Å². The van der Waals surface area contributed by atoms with E-state index in [-0.39, 0.29) is 24.0 Å². The molecule has 0 saturated carbocycles. The minimum Gasteiger partial charge on any atom is -0.493 e. The first-order valence-electron chi connectivity index (χ1n) is 8.36. The lowest BCUT2D eigenvalue weighted by Gasteiger charge is -2.17. The molecule has 0 aliphatic heterocycles. The van der Waals surface area contributed by atoms with Gasteiger partial charge in [0.15, 0.2) is 11.5 Å². The first-order chi connectivity index (χ1) is 13.5. The molecular weight excluding hydrogens is 386 g/mol. The number of methoxy groups -OCH3 is 1. The molecule has 0 radical (unpaired) electrons. The van der Waals surface area contributed by atoms with Crippen molar-refractivity contribution in [1.29, 1.82) is 0 Å². The minimum absolute atomic E-state index is 0.0733. The van der Waals surface area contributed by atoms with Crippen molar-refractivity contribution in [2.45, 2.75) is 13.2 Å². The number of aromatic nitrogens is 1. The second kappa shape index (κ2) is 8.79. The second-order valence-corrected chi connectivity index (χ2v) is 6.79. The normalized spacial score (nSPS) is 10.8. The largest absolute Gasteiger partial charge is 0.493 e. The third-order valence-electron chi connectivity index (χ3n) is 3.95. The highest BCUT2D eigenvalue weighted by atomic mass is 32.1. The Hall–Kier alpha value is -3.00. The van der Waals surface area contributed by atoms with Crippen LogP contribution in [0.5, 0.6) is 11.5 Å². The van der Waals surface area contributed by atoms with E-state index in [1.807, 2.05) is 30.3 Å². The highest BCUT2D eigenvalue weighted by Gasteiger charge is 2.18. The van der Waals surface area contributed by atoms with E-state index >= 15 is 0 Å². The van der Waals surface area contributed by atoms with Crippen molar-refractivity contribution in [3.05, 3.63) is 65.2 Å². The van der Waals surface area contributed by atoms with E-state index < -0.39 is 6.61 Å². The molecule has 2 aromatic carbocycles. The number of benzene rings is 2. The van der Waals surface area contributed by atoms with Crippen molar-refractivity contribution in [2.75, 3.05) is 14.2 Å². The molecule has 3 rings (SSSR count). The van der Waals surface area contributed by atoms with Crippen LogP contribution in [0.25, 0.3) is 10.6 Å². The zero-order valence-corrected chi connectivity index (χ0v) is 16.1. The Morgan fingerprint density at radius 3 is 2.61 bits per heavy atom. The van der Waals surface area contributed by atoms with Crippen molar-refractivity contribution in [3.8, 4) is 22.1 Å². The van der Waals surface area contributed by atoms with E-state index in [0.717, 1.165) is 10.6 Å². The molecule has 8 heteroatoms. The number of hydrogen-bond donors (Lipinski definition) is 0. The number of alkyl halides is 2. The average molecular weight is 404 g/mol. The van der Waals surface area contributed by atoms with Crippen molar-refractivity contribution in [2.24, 2.45) is 0 Å². The summed E-state index contributed by atoms with van der Waals surface area (Å²) >= 11 is 1.39. The van der Waals surface area contributed by atoms with Gasteiger partial charge in [-0.1, -0.05) is 36.4 Å². The number of thiazole rings is 1. The van der Waals surface area contributed by atoms with Gasteiger partial charge in [0.25, 0.3) is 5.91 Å². The van der Waals surface area contributed by atoms with Crippen LogP contribution in [0.2, 0.25) is 0 Å². The standard InChI is InChI=1S/C20H18F2N2O3S/c1-24(11-13-8-9-16(26-2)17(10-13)27-20(21)22)19(25)15-12-28-18(23-15)14-6-4-3-5-7-14/h3-10,12,20H,11H2,1-2H3. The molecule has 0 N–H and O–H groups in total. The van der Waals surface area contributed by atoms with Crippen LogP contribution in [0, 0.1) is 0 Å². The van der Waals surface area contributed by atoms with Gasteiger partial charge in [0.2, 0.25) is 0 Å². The highest BCUT2D eigenvalue weighted by Crippen LogP contribution is 2.30. The lowest BCUT2D eigenvalue weighted by atomic mass is 10.2. The van der Waals surface area contributed by atoms with Gasteiger partial charge in [0.05, 0.1) is 7.11 Å². The monoisotopic (exact) mass is 404 g/mol. The number of ether oxygens (including phenoxy) is 2. The number of carbonyl (C=O) groups is 1. The summed E-state index contributed by atoms with van der Waals surface area (Å²) in [5.74, 6) is -0.133. The van der Waals surface area contributed by atoms with Crippen LogP contribution in [0.3, 0.4) is 0 Å². The second-order valence-electron chi connectivity index (χ2n) is 5.93. The van der Waals surface area contributed by atoms with Crippen LogP contribution in [0.1, 0.15) is 16.1 Å². The lowest BCUT2D eigenvalue weighted by molar-refractivity contribution is -0.0512. The molecule has 1 heterocycles. The van der Waals surface area contributed by atoms with Gasteiger partial charge in [-0.2, -0.15) is 8.78 Å². The molecule has 5 nitrogen and oxygen atoms in total. The Kier molecular flexibility index (Phi) is 6.20. The van der Waals surface area contributed by atoms with Crippen molar-refractivity contribution < 1.29 is 23.0 Å². The molecule has 1 aromatic heterocycles. The minimum atomic E-state index is -2.96. The molecule has 0 fully saturated rings. The molecule has 0 spiro atoms. The van der Waals surface area contributed by atoms with E-state index in [0.29, 0.717) is 11.3 Å². The topological polar surface area (TPSA) is 51.7 Å². The third-order valence-corrected chi connectivity index (χ3v) is 4.85. The van der Waals surface area contributed by atoms with Gasteiger partial charge in [0.1, 0.15) is 10.7 Å². The molecule has 0 aliphatic carbocycles. The Morgan fingerprint density at radius 1 is 1.18 bits per heavy atom. The highest BCUT2D eigenvalue weighted by molar-refractivity contribution is 7.13. The fraction of sp³-hybridized carbons (Fsp3) is 0.200. The Morgan fingerprint density at radius 2 is 1.93 bits per heavy atom. The predicted octanol–water partition coefficient (Wildman–Crippen LogP) is 4.69. The summed E-state index contributed by atoms with van der Waals surface area (Å²) in [5.41, 5.74) is 1.91. The number of amides is 1. The lowest BCUT2D eigenvalue weighted by Crippen LogP contribution is -2.26. The Bertz CT molecular complexity index is 948. The maximum atomic E-state index is 12.7. The fourth-order valence-electron chi connectivity index (χ4n) is 2.63. The van der Waals surface area contributed by atoms with Gasteiger partial charge >= 0.3 is 6.61 Å². The molecule has 0 aliphatic rings. The number of carbonyl (C=O) groups excluding carboxylic acids is 1. The van der Waals surface area contributed by atoms with Gasteiger partial charge < -0.3 is 14.4 Å². The first kappa shape index (κ1) is 19.8. The molecule has 0 unspecified atom stereocenters. The number of nitrogens with zero attached hydrogens (tertiary/aromatic N) is 2. The number of halogens is 2. The molecular formula is C20H18F2N2O3S. The third kappa shape index (κ3) is 4.64. The van der Waals surface area contributed by atoms with E-state index in [1.54, 1.807) is 18.5 Å². The van der Waals surface area contributed by atoms with Crippen LogP contribution in [-0.2, 0) is 6.54 Å². The van der Waals surface area contributed by atoms with Gasteiger partial charge in [-0.25, -0.2) is 4.98 Å². The van der Waals surface area contributed by atoms with Gasteiger partial charge in [-0.15, -0.1) is 11.3 Å². The van der Waals surface area contributed by atoms with E-state index in [9.17, 15) is 13.6 Å². The van der Waals surface area contributed by atoms with Crippen molar-refractivity contribution in [1.82, 2.24) is 9.88 Å². The summed E-state index contributed by atoms with van der Waals surface area (Å²) in [5, 5.41) is 2.47. The molecule has 0 saturated heterocycles. The maximum Gasteiger partial charge on any atom is 0.387 e. The summed E-state index contributed by atoms with van der Waals surface area (Å²) in [7, 11) is 3.00. The molecule has 0 atom stereocenters. The zero-order chi connectivity index (χ0) is 20.1. The smallest absolute Gasteiger partial charge is 0.387 e. The molecule has 146 valence electrons. The van der Waals surface area contributed by atoms with Crippen LogP contribution >= 0.6 is 11.3 Å². The van der Waals surface area contributed by atoms with Gasteiger partial charge in [-0.3, -0.25) is 4.79 Å². The first-order valence-corrected chi connectivity index (χ1v) is 9.24. The summed E-state index contributed by atoms with van der Waals surface area (Å²) < 4.78 is 34.7. The van der Waals surface area contributed by atoms with Crippen LogP contribution in [0.4, 0.5) is 8.78 Å². The summed E-state index contributed by atoms with van der Waals surface area (Å²) in [6, 6.07) is 14.2. The van der Waals surface area contributed by atoms with Crippen molar-refractivity contribution in [3.63, 3.8) is 0 Å². The SMILES string of the molecule is COc1ccc(CN(C)C(=O)c2csc(-c3ccccc3)n2)cc1OC(F)F. The maximum absolute atomic E-state index is 12.7. The van der Waals surface area contributed by atoms with Crippen LogP contribution in [-0.4, -0.2) is 36.6 Å². The van der Waals surface area contributed by atoms with Crippen LogP contribution in [0.15, 0.2) is 53.9 Å². The fourth-order valence-corrected chi connectivity index (χ4v) is 3.43. The summed E-state index contributed by atoms with van der Waals surface area (Å²) in [6.45, 7) is -2.75. The van der Waals surface area contributed by atoms with E-state index in [2.05, 4.69) is 9.72 Å². The quantitative estimate of drug-likeness (QED) is 0.573. The molecule has 1 amide bonds. The molecule has 0 bridgehead atoms. The average Bonchev–Trinajstić information content (AvgIpc) is 3.18. The van der Waals surface area contributed by atoms with Gasteiger partial charge in [0, 0.05) is 24.5 Å². The van der Waals surface area contributed by atoms with E-state index in [1.165, 1.54) is 35.5 Å². The van der Waals surface area contributed by atoms with Gasteiger partial charge in [-0.05, 0) is 17.7 Å². The Labute approximate surface area is 165 Å². The molecule has 28 heavy (non-hydrogen) atoms. The summed E-state index contributed by atoms with van der Waals surface area (Å²) in [4.78, 5) is 18.6. The zero-order valence-electron chi connectivity index (χ0n) is 15.3.